The Morgan fingerprint density at radius 1 is 1.22 bits per heavy atom. The van der Waals surface area contributed by atoms with Gasteiger partial charge in [-0.1, -0.05) is 13.8 Å². The maximum absolute atomic E-state index is 16.6. The maximum Gasteiger partial charge on any atom is 0.319 e. The van der Waals surface area contributed by atoms with Gasteiger partial charge in [0.1, 0.15) is 34.8 Å². The Kier molecular flexibility index (Phi) is 8.74. The smallest absolute Gasteiger partial charge is 0.319 e. The summed E-state index contributed by atoms with van der Waals surface area (Å²) in [6.07, 6.45) is 6.74. The number of ether oxygens (including phenoxy) is 1. The van der Waals surface area contributed by atoms with Gasteiger partial charge in [0, 0.05) is 42.0 Å². The molecule has 238 valence electrons. The molecule has 3 aromatic rings. The van der Waals surface area contributed by atoms with E-state index in [-0.39, 0.29) is 49.0 Å². The van der Waals surface area contributed by atoms with Crippen molar-refractivity contribution in [2.75, 3.05) is 50.0 Å². The molecular formula is C32H37F3N8OS. The number of rotatable bonds is 5. The number of halogens is 3. The molecule has 13 heteroatoms. The number of nitriles is 1. The standard InChI is InChI=1S/C30H31F3N8OS.C2H6/c31-21(13-35)26-18(20(12-34)27(36)43-26)11-19-23(32)17-4-3-16-14-37-7-10-41(16)28-22(17)25(24(19)33)38-29(39-28)42-15-30-5-1-8-40(30)9-2-6-30;1-2/h11,13,16,35,37H,1-10,14-15,36H2;1-2H3/b18-11+,26-21-,35-13?;. The number of nitrogens with two attached hydrogens (primary N) is 1. The first kappa shape index (κ1) is 31.3. The summed E-state index contributed by atoms with van der Waals surface area (Å²) < 4.78 is 53.8. The molecule has 1 aromatic carbocycles. The van der Waals surface area contributed by atoms with Crippen LogP contribution in [0.15, 0.2) is 0 Å². The molecule has 4 aliphatic rings. The molecular weight excluding hydrogens is 601 g/mol. The van der Waals surface area contributed by atoms with Gasteiger partial charge in [0.2, 0.25) is 0 Å². The predicted octanol–water partition coefficient (Wildman–Crippen LogP) is 3.74. The second kappa shape index (κ2) is 12.6. The van der Waals surface area contributed by atoms with Crippen molar-refractivity contribution in [1.29, 1.82) is 10.7 Å². The van der Waals surface area contributed by atoms with Crippen LogP contribution in [0.5, 0.6) is 6.01 Å². The minimum absolute atomic E-state index is 0.00240. The lowest BCUT2D eigenvalue weighted by molar-refractivity contribution is 0.108. The van der Waals surface area contributed by atoms with E-state index in [2.05, 4.69) is 20.1 Å². The zero-order valence-electron chi connectivity index (χ0n) is 25.5. The number of hydrogen-bond donors (Lipinski definition) is 3. The van der Waals surface area contributed by atoms with Gasteiger partial charge in [0.25, 0.3) is 0 Å². The van der Waals surface area contributed by atoms with E-state index < -0.39 is 23.0 Å². The minimum atomic E-state index is -0.957. The zero-order chi connectivity index (χ0) is 31.9. The SMILES string of the molecule is CC.N#Cc1c(N)sc(=C(\F)C=N)/c1=C/c1c(F)c2c3c(nc(OCC45CCCN4CCC5)nc3c1F)N1CCNCC1CC2. The molecule has 0 saturated carbocycles. The van der Waals surface area contributed by atoms with E-state index in [9.17, 15) is 9.65 Å². The van der Waals surface area contributed by atoms with Crippen molar-refractivity contribution < 1.29 is 17.9 Å². The molecule has 0 radical (unpaired) electrons. The molecule has 0 spiro atoms. The second-order valence-corrected chi connectivity index (χ2v) is 12.8. The minimum Gasteiger partial charge on any atom is -0.461 e. The molecule has 7 rings (SSSR count). The lowest BCUT2D eigenvalue weighted by Crippen LogP contribution is -2.51. The third kappa shape index (κ3) is 5.22. The second-order valence-electron chi connectivity index (χ2n) is 11.7. The number of fused-ring (bicyclic) bond motifs is 3. The topological polar surface area (TPSA) is 127 Å². The van der Waals surface area contributed by atoms with Gasteiger partial charge in [0.05, 0.1) is 27.2 Å². The molecule has 45 heavy (non-hydrogen) atoms. The first-order valence-corrected chi connectivity index (χ1v) is 16.4. The highest BCUT2D eigenvalue weighted by Gasteiger charge is 2.45. The van der Waals surface area contributed by atoms with Gasteiger partial charge in [-0.2, -0.15) is 15.2 Å². The third-order valence-electron chi connectivity index (χ3n) is 9.46. The van der Waals surface area contributed by atoms with E-state index in [1.807, 2.05) is 19.9 Å². The number of benzene rings is 1. The molecule has 1 atom stereocenters. The van der Waals surface area contributed by atoms with Crippen LogP contribution in [0.3, 0.4) is 0 Å². The Balaban J connectivity index is 0.00000175. The summed E-state index contributed by atoms with van der Waals surface area (Å²) in [6.45, 7) is 8.45. The molecule has 1 unspecified atom stereocenters. The first-order valence-electron chi connectivity index (χ1n) is 15.6. The Morgan fingerprint density at radius 2 is 1.98 bits per heavy atom. The maximum atomic E-state index is 16.6. The summed E-state index contributed by atoms with van der Waals surface area (Å²) in [6, 6.07) is 1.97. The summed E-state index contributed by atoms with van der Waals surface area (Å²) >= 11 is 0.754. The van der Waals surface area contributed by atoms with Crippen LogP contribution in [0.4, 0.5) is 24.0 Å². The molecule has 0 bridgehead atoms. The third-order valence-corrected chi connectivity index (χ3v) is 10.5. The molecule has 0 aliphatic carbocycles. The number of hydrogen-bond acceptors (Lipinski definition) is 10. The van der Waals surface area contributed by atoms with Gasteiger partial charge in [-0.3, -0.25) is 4.90 Å². The highest BCUT2D eigenvalue weighted by atomic mass is 32.1. The van der Waals surface area contributed by atoms with Crippen molar-refractivity contribution >= 4 is 51.2 Å². The van der Waals surface area contributed by atoms with Crippen molar-refractivity contribution in [3.63, 3.8) is 0 Å². The molecule has 4 aliphatic heterocycles. The monoisotopic (exact) mass is 638 g/mol. The lowest BCUT2D eigenvalue weighted by Gasteiger charge is -2.36. The number of nitrogen functional groups attached to an aromatic ring is 1. The summed E-state index contributed by atoms with van der Waals surface area (Å²) in [5.74, 6) is -2.26. The van der Waals surface area contributed by atoms with E-state index in [0.717, 1.165) is 56.2 Å². The van der Waals surface area contributed by atoms with Crippen LogP contribution in [0, 0.1) is 28.4 Å². The number of piperazine rings is 1. The summed E-state index contributed by atoms with van der Waals surface area (Å²) in [5.41, 5.74) is 5.54. The fourth-order valence-electron chi connectivity index (χ4n) is 7.37. The average molecular weight is 639 g/mol. The Morgan fingerprint density at radius 3 is 2.69 bits per heavy atom. The number of aromatic nitrogens is 2. The molecule has 0 amide bonds. The van der Waals surface area contributed by atoms with Gasteiger partial charge >= 0.3 is 6.01 Å². The zero-order valence-corrected chi connectivity index (χ0v) is 26.3. The van der Waals surface area contributed by atoms with Crippen LogP contribution in [0.25, 0.3) is 22.8 Å². The fraction of sp³-hybridized carbons (Fsp3) is 0.500. The van der Waals surface area contributed by atoms with Crippen molar-refractivity contribution in [3.05, 3.63) is 38.1 Å². The van der Waals surface area contributed by atoms with E-state index in [1.54, 1.807) is 0 Å². The number of aryl methyl sites for hydroxylation is 1. The molecule has 4 N–H and O–H groups in total. The van der Waals surface area contributed by atoms with Crippen molar-refractivity contribution in [3.8, 4) is 12.1 Å². The van der Waals surface area contributed by atoms with Crippen molar-refractivity contribution in [2.45, 2.75) is 64.0 Å². The Labute approximate surface area is 263 Å². The lowest BCUT2D eigenvalue weighted by atomic mass is 9.95. The molecule has 3 saturated heterocycles. The van der Waals surface area contributed by atoms with Crippen LogP contribution in [0.2, 0.25) is 0 Å². The van der Waals surface area contributed by atoms with Crippen LogP contribution in [-0.2, 0) is 6.42 Å². The average Bonchev–Trinajstić information content (AvgIpc) is 3.71. The molecule has 2 aromatic heterocycles. The highest BCUT2D eigenvalue weighted by Crippen LogP contribution is 2.41. The van der Waals surface area contributed by atoms with Crippen LogP contribution in [0.1, 0.15) is 62.6 Å². The van der Waals surface area contributed by atoms with Gasteiger partial charge in [-0.15, -0.1) is 11.3 Å². The Bertz CT molecular complexity index is 1810. The molecule has 6 heterocycles. The van der Waals surface area contributed by atoms with Gasteiger partial charge in [-0.05, 0) is 57.7 Å². The fourth-order valence-corrected chi connectivity index (χ4v) is 8.27. The normalized spacial score (nSPS) is 21.4. The van der Waals surface area contributed by atoms with E-state index in [0.29, 0.717) is 56.5 Å². The number of thiophene rings is 1. The van der Waals surface area contributed by atoms with Crippen LogP contribution in [-0.4, -0.2) is 72.0 Å². The molecule has 3 fully saturated rings. The van der Waals surface area contributed by atoms with Gasteiger partial charge in [-0.25, -0.2) is 13.2 Å². The van der Waals surface area contributed by atoms with E-state index in [4.69, 9.17) is 20.9 Å². The molecule has 9 nitrogen and oxygen atoms in total. The van der Waals surface area contributed by atoms with Gasteiger partial charge < -0.3 is 26.1 Å². The van der Waals surface area contributed by atoms with Crippen LogP contribution >= 0.6 is 11.3 Å². The Hall–Kier alpha value is -3.73. The first-order chi connectivity index (χ1) is 21.8. The summed E-state index contributed by atoms with van der Waals surface area (Å²) in [7, 11) is 0. The summed E-state index contributed by atoms with van der Waals surface area (Å²) in [4.78, 5) is 13.9. The largest absolute Gasteiger partial charge is 0.461 e. The number of anilines is 2. The van der Waals surface area contributed by atoms with E-state index in [1.165, 1.54) is 0 Å². The van der Waals surface area contributed by atoms with Crippen molar-refractivity contribution in [1.82, 2.24) is 20.2 Å². The predicted molar refractivity (Wildman–Crippen MR) is 171 cm³/mol. The van der Waals surface area contributed by atoms with Crippen molar-refractivity contribution in [2.24, 2.45) is 0 Å². The highest BCUT2D eigenvalue weighted by molar-refractivity contribution is 7.14. The summed E-state index contributed by atoms with van der Waals surface area (Å²) in [5, 5.41) is 20.7. The van der Waals surface area contributed by atoms with Gasteiger partial charge in [0.15, 0.2) is 11.6 Å². The number of nitrogens with zero attached hydrogens (tertiary/aromatic N) is 5. The van der Waals surface area contributed by atoms with Crippen LogP contribution < -0.4 is 30.4 Å². The quantitative estimate of drug-likeness (QED) is 0.361. The number of nitrogens with one attached hydrogen (secondary N) is 2. The van der Waals surface area contributed by atoms with E-state index >= 15 is 8.78 Å².